The van der Waals surface area contributed by atoms with E-state index in [0.29, 0.717) is 0 Å². The molecule has 0 bridgehead atoms. The van der Waals surface area contributed by atoms with E-state index in [4.69, 9.17) is 5.26 Å². The van der Waals surface area contributed by atoms with Crippen LogP contribution in [0.4, 0.5) is 14.6 Å². The molecule has 0 spiro atoms. The van der Waals surface area contributed by atoms with E-state index < -0.39 is 22.9 Å². The second kappa shape index (κ2) is 4.61. The fraction of sp³-hybridized carbons (Fsp3) is 0.333. The van der Waals surface area contributed by atoms with Crippen LogP contribution in [0.2, 0.25) is 0 Å². The number of hydrogen-bond acceptors (Lipinski definition) is 4. The van der Waals surface area contributed by atoms with Crippen LogP contribution in [0.15, 0.2) is 6.07 Å². The van der Waals surface area contributed by atoms with Crippen molar-refractivity contribution in [3.63, 3.8) is 0 Å². The molecule has 0 unspecified atom stereocenters. The summed E-state index contributed by atoms with van der Waals surface area (Å²) >= 11 is 0. The van der Waals surface area contributed by atoms with Gasteiger partial charge in [0.25, 0.3) is 0 Å². The highest BCUT2D eigenvalue weighted by Gasteiger charge is 2.25. The summed E-state index contributed by atoms with van der Waals surface area (Å²) in [5.74, 6) is -0.600. The molecule has 0 amide bonds. The highest BCUT2D eigenvalue weighted by Crippen LogP contribution is 2.26. The Hall–Kier alpha value is -2.10. The van der Waals surface area contributed by atoms with Gasteiger partial charge in [-0.05, 0) is 22.9 Å². The van der Waals surface area contributed by atoms with Crippen molar-refractivity contribution in [2.24, 2.45) is 0 Å². The third-order valence-electron chi connectivity index (χ3n) is 1.95. The molecule has 0 aromatic carbocycles. The Morgan fingerprint density at radius 1 is 1.69 bits per heavy atom. The molecule has 0 aliphatic carbocycles. The number of aromatic nitrogens is 1. The van der Waals surface area contributed by atoms with Crippen LogP contribution >= 0.6 is 0 Å². The SMILES string of the molecule is Cc1cc(CC#N)c(C(F)F)nc1[N+](=O)[O-]. The van der Waals surface area contributed by atoms with Crippen molar-refractivity contribution in [3.8, 4) is 6.07 Å². The third-order valence-corrected chi connectivity index (χ3v) is 1.95. The molecule has 1 rings (SSSR count). The number of aryl methyl sites for hydroxylation is 1. The van der Waals surface area contributed by atoms with Crippen LogP contribution < -0.4 is 0 Å². The van der Waals surface area contributed by atoms with E-state index in [1.165, 1.54) is 13.0 Å². The van der Waals surface area contributed by atoms with E-state index in [1.54, 1.807) is 6.07 Å². The average molecular weight is 227 g/mol. The summed E-state index contributed by atoms with van der Waals surface area (Å²) in [5, 5.41) is 18.9. The minimum absolute atomic E-state index is 0.0283. The predicted octanol–water partition coefficient (Wildman–Crippen LogP) is 2.30. The summed E-state index contributed by atoms with van der Waals surface area (Å²) in [6.45, 7) is 1.39. The van der Waals surface area contributed by atoms with Crippen LogP contribution in [0.5, 0.6) is 0 Å². The van der Waals surface area contributed by atoms with Gasteiger partial charge in [-0.25, -0.2) is 8.78 Å². The minimum Gasteiger partial charge on any atom is -0.358 e. The van der Waals surface area contributed by atoms with Crippen molar-refractivity contribution in [2.45, 2.75) is 19.8 Å². The molecule has 0 fully saturated rings. The smallest absolute Gasteiger partial charge is 0.358 e. The Bertz CT molecular complexity index is 469. The summed E-state index contributed by atoms with van der Waals surface area (Å²) in [6.07, 6.45) is -3.17. The van der Waals surface area contributed by atoms with E-state index in [1.807, 2.05) is 0 Å². The molecule has 0 atom stereocenters. The van der Waals surface area contributed by atoms with Gasteiger partial charge in [0.05, 0.1) is 12.5 Å². The summed E-state index contributed by atoms with van der Waals surface area (Å²) < 4.78 is 25.1. The molecule has 1 aromatic heterocycles. The number of halogens is 2. The first kappa shape index (κ1) is 12.0. The van der Waals surface area contributed by atoms with Crippen LogP contribution in [0.25, 0.3) is 0 Å². The van der Waals surface area contributed by atoms with Crippen molar-refractivity contribution < 1.29 is 13.7 Å². The molecule has 0 N–H and O–H groups in total. The van der Waals surface area contributed by atoms with Crippen LogP contribution in [0.3, 0.4) is 0 Å². The monoisotopic (exact) mass is 227 g/mol. The number of hydrogen-bond donors (Lipinski definition) is 0. The molecule has 5 nitrogen and oxygen atoms in total. The zero-order valence-electron chi connectivity index (χ0n) is 8.28. The first-order valence-electron chi connectivity index (χ1n) is 4.27. The number of pyridine rings is 1. The van der Waals surface area contributed by atoms with Gasteiger partial charge in [0, 0.05) is 11.1 Å². The van der Waals surface area contributed by atoms with E-state index in [9.17, 15) is 18.9 Å². The first-order valence-corrected chi connectivity index (χ1v) is 4.27. The molecule has 84 valence electrons. The molecule has 0 saturated heterocycles. The van der Waals surface area contributed by atoms with Crippen molar-refractivity contribution in [1.29, 1.82) is 5.26 Å². The van der Waals surface area contributed by atoms with Crippen molar-refractivity contribution in [2.75, 3.05) is 0 Å². The van der Waals surface area contributed by atoms with Gasteiger partial charge in [-0.3, -0.25) is 0 Å². The maximum atomic E-state index is 12.5. The standard InChI is InChI=1S/C9H7F2N3O2/c1-5-4-6(2-3-12)7(8(10)11)13-9(5)14(15)16/h4,8H,2H2,1H3. The van der Waals surface area contributed by atoms with Crippen LogP contribution in [0, 0.1) is 28.4 Å². The quantitative estimate of drug-likeness (QED) is 0.586. The van der Waals surface area contributed by atoms with Crippen molar-refractivity contribution in [1.82, 2.24) is 4.98 Å². The van der Waals surface area contributed by atoms with Crippen LogP contribution in [-0.2, 0) is 6.42 Å². The molecular formula is C9H7F2N3O2. The molecule has 0 aliphatic rings. The van der Waals surface area contributed by atoms with Gasteiger partial charge in [-0.1, -0.05) is 0 Å². The normalized spacial score (nSPS) is 10.2. The van der Waals surface area contributed by atoms with E-state index >= 15 is 0 Å². The van der Waals surface area contributed by atoms with Gasteiger partial charge in [-0.2, -0.15) is 5.26 Å². The Kier molecular flexibility index (Phi) is 3.45. The van der Waals surface area contributed by atoms with Gasteiger partial charge in [0.1, 0.15) is 0 Å². The lowest BCUT2D eigenvalue weighted by molar-refractivity contribution is -0.390. The zero-order chi connectivity index (χ0) is 12.3. The number of alkyl halides is 2. The second-order valence-corrected chi connectivity index (χ2v) is 3.07. The predicted molar refractivity (Wildman–Crippen MR) is 49.9 cm³/mol. The molecule has 0 saturated carbocycles. The molecule has 7 heteroatoms. The zero-order valence-corrected chi connectivity index (χ0v) is 8.28. The van der Waals surface area contributed by atoms with E-state index in [0.717, 1.165) is 0 Å². The summed E-state index contributed by atoms with van der Waals surface area (Å²) in [7, 11) is 0. The maximum absolute atomic E-state index is 12.5. The van der Waals surface area contributed by atoms with E-state index in [-0.39, 0.29) is 17.5 Å². The van der Waals surface area contributed by atoms with Gasteiger partial charge >= 0.3 is 12.2 Å². The summed E-state index contributed by atoms with van der Waals surface area (Å²) in [4.78, 5) is 13.0. The fourth-order valence-corrected chi connectivity index (χ4v) is 1.27. The molecule has 1 aromatic rings. The van der Waals surface area contributed by atoms with Gasteiger partial charge < -0.3 is 10.1 Å². The Labute approximate surface area is 89.5 Å². The second-order valence-electron chi connectivity index (χ2n) is 3.07. The largest absolute Gasteiger partial charge is 0.366 e. The fourth-order valence-electron chi connectivity index (χ4n) is 1.27. The topological polar surface area (TPSA) is 79.8 Å². The molecular weight excluding hydrogens is 220 g/mol. The molecule has 0 radical (unpaired) electrons. The first-order chi connectivity index (χ1) is 7.47. The number of nitro groups is 1. The van der Waals surface area contributed by atoms with Crippen molar-refractivity contribution in [3.05, 3.63) is 33.0 Å². The Morgan fingerprint density at radius 2 is 2.31 bits per heavy atom. The van der Waals surface area contributed by atoms with E-state index in [2.05, 4.69) is 4.98 Å². The molecule has 1 heterocycles. The van der Waals surface area contributed by atoms with Crippen molar-refractivity contribution >= 4 is 5.82 Å². The molecule has 16 heavy (non-hydrogen) atoms. The third kappa shape index (κ3) is 2.28. The summed E-state index contributed by atoms with van der Waals surface area (Å²) in [5.41, 5.74) is -0.501. The highest BCUT2D eigenvalue weighted by molar-refractivity contribution is 5.39. The minimum atomic E-state index is -2.93. The van der Waals surface area contributed by atoms with Crippen LogP contribution in [0.1, 0.15) is 23.2 Å². The lowest BCUT2D eigenvalue weighted by atomic mass is 10.1. The summed E-state index contributed by atoms with van der Waals surface area (Å²) in [6, 6.07) is 2.92. The van der Waals surface area contributed by atoms with Gasteiger partial charge in [0.2, 0.25) is 5.69 Å². The van der Waals surface area contributed by atoms with Crippen LogP contribution in [-0.4, -0.2) is 9.91 Å². The van der Waals surface area contributed by atoms with Gasteiger partial charge in [0.15, 0.2) is 0 Å². The lowest BCUT2D eigenvalue weighted by Crippen LogP contribution is -2.04. The Balaban J connectivity index is 3.38. The number of rotatable bonds is 3. The highest BCUT2D eigenvalue weighted by atomic mass is 19.3. The maximum Gasteiger partial charge on any atom is 0.366 e. The lowest BCUT2D eigenvalue weighted by Gasteiger charge is -2.03. The number of nitrogens with zero attached hydrogens (tertiary/aromatic N) is 3. The Morgan fingerprint density at radius 3 is 2.75 bits per heavy atom. The van der Waals surface area contributed by atoms with Gasteiger partial charge in [-0.15, -0.1) is 0 Å². The average Bonchev–Trinajstić information content (AvgIpc) is 2.17. The molecule has 0 aliphatic heterocycles. The number of nitriles is 1.